The van der Waals surface area contributed by atoms with Crippen molar-refractivity contribution in [3.63, 3.8) is 0 Å². The van der Waals surface area contributed by atoms with Crippen LogP contribution in [-0.2, 0) is 14.3 Å². The Balaban J connectivity index is 1.96. The van der Waals surface area contributed by atoms with Crippen LogP contribution < -0.4 is 5.32 Å². The Labute approximate surface area is 69.6 Å². The fraction of sp³-hybridized carbons (Fsp3) is 0.857. The van der Waals surface area contributed by atoms with Gasteiger partial charge < -0.3 is 14.6 Å². The topological polar surface area (TPSA) is 67.8 Å². The van der Waals surface area contributed by atoms with E-state index in [0.29, 0.717) is 19.8 Å². The molecule has 0 spiro atoms. The number of nitrogens with one attached hydrogen (secondary N) is 1. The fourth-order valence-electron chi connectivity index (χ4n) is 1.58. The zero-order valence-corrected chi connectivity index (χ0v) is 6.53. The quantitative estimate of drug-likeness (QED) is 0.542. The van der Waals surface area contributed by atoms with E-state index in [0.717, 1.165) is 0 Å². The molecule has 0 aromatic carbocycles. The SMILES string of the molecule is O=C(O)C1CC2OCNC2CO1. The van der Waals surface area contributed by atoms with Gasteiger partial charge in [0, 0.05) is 6.42 Å². The van der Waals surface area contributed by atoms with Gasteiger partial charge in [0.2, 0.25) is 0 Å². The Morgan fingerprint density at radius 2 is 2.33 bits per heavy atom. The van der Waals surface area contributed by atoms with Crippen molar-refractivity contribution in [1.29, 1.82) is 0 Å². The first kappa shape index (κ1) is 7.97. The van der Waals surface area contributed by atoms with E-state index in [9.17, 15) is 4.79 Å². The molecule has 2 N–H and O–H groups in total. The van der Waals surface area contributed by atoms with Crippen LogP contribution in [0.15, 0.2) is 0 Å². The summed E-state index contributed by atoms with van der Waals surface area (Å²) in [5.74, 6) is -0.899. The zero-order valence-electron chi connectivity index (χ0n) is 6.53. The molecule has 0 radical (unpaired) electrons. The number of fused-ring (bicyclic) bond motifs is 1. The van der Waals surface area contributed by atoms with Gasteiger partial charge in [-0.1, -0.05) is 0 Å². The fourth-order valence-corrected chi connectivity index (χ4v) is 1.58. The van der Waals surface area contributed by atoms with Crippen molar-refractivity contribution in [1.82, 2.24) is 5.32 Å². The summed E-state index contributed by atoms with van der Waals surface area (Å²) in [6.45, 7) is 0.937. The molecule has 2 aliphatic rings. The maximum atomic E-state index is 10.5. The van der Waals surface area contributed by atoms with Gasteiger partial charge in [0.25, 0.3) is 0 Å². The van der Waals surface area contributed by atoms with Crippen LogP contribution in [0.25, 0.3) is 0 Å². The van der Waals surface area contributed by atoms with Crippen LogP contribution >= 0.6 is 0 Å². The normalized spacial score (nSPS) is 40.8. The molecule has 5 nitrogen and oxygen atoms in total. The molecule has 0 amide bonds. The second-order valence-electron chi connectivity index (χ2n) is 3.06. The molecule has 2 saturated heterocycles. The van der Waals surface area contributed by atoms with Gasteiger partial charge in [-0.3, -0.25) is 5.32 Å². The molecule has 12 heavy (non-hydrogen) atoms. The van der Waals surface area contributed by atoms with Gasteiger partial charge in [-0.25, -0.2) is 4.79 Å². The summed E-state index contributed by atoms with van der Waals surface area (Å²) in [5.41, 5.74) is 0. The highest BCUT2D eigenvalue weighted by molar-refractivity contribution is 5.72. The smallest absolute Gasteiger partial charge is 0.332 e. The third kappa shape index (κ3) is 1.31. The average molecular weight is 173 g/mol. The second kappa shape index (κ2) is 3.01. The maximum absolute atomic E-state index is 10.5. The molecule has 0 aromatic heterocycles. The molecule has 5 heteroatoms. The van der Waals surface area contributed by atoms with Gasteiger partial charge in [0.05, 0.1) is 25.5 Å². The largest absolute Gasteiger partial charge is 0.479 e. The van der Waals surface area contributed by atoms with Gasteiger partial charge in [0.1, 0.15) is 0 Å². The molecule has 0 bridgehead atoms. The summed E-state index contributed by atoms with van der Waals surface area (Å²) >= 11 is 0. The second-order valence-corrected chi connectivity index (χ2v) is 3.06. The number of hydrogen-bond acceptors (Lipinski definition) is 4. The molecule has 2 rings (SSSR count). The summed E-state index contributed by atoms with van der Waals surface area (Å²) in [7, 11) is 0. The predicted molar refractivity (Wildman–Crippen MR) is 38.7 cm³/mol. The number of carbonyl (C=O) groups is 1. The zero-order chi connectivity index (χ0) is 8.55. The number of aliphatic carboxylic acids is 1. The average Bonchev–Trinajstić information content (AvgIpc) is 2.49. The lowest BCUT2D eigenvalue weighted by Crippen LogP contribution is -2.46. The third-order valence-corrected chi connectivity index (χ3v) is 2.29. The molecule has 0 aromatic rings. The minimum absolute atomic E-state index is 0.0137. The van der Waals surface area contributed by atoms with Crippen LogP contribution in [-0.4, -0.2) is 42.7 Å². The van der Waals surface area contributed by atoms with Crippen LogP contribution in [0, 0.1) is 0 Å². The van der Waals surface area contributed by atoms with E-state index in [1.165, 1.54) is 0 Å². The summed E-state index contributed by atoms with van der Waals surface area (Å²) in [6.07, 6.45) is -0.224. The monoisotopic (exact) mass is 173 g/mol. The summed E-state index contributed by atoms with van der Waals surface area (Å²) in [5, 5.41) is 11.7. The Hall–Kier alpha value is -0.650. The molecule has 68 valence electrons. The first-order chi connectivity index (χ1) is 5.77. The van der Waals surface area contributed by atoms with Crippen LogP contribution in [0.3, 0.4) is 0 Å². The Morgan fingerprint density at radius 3 is 3.08 bits per heavy atom. The molecule has 2 aliphatic heterocycles. The molecular weight excluding hydrogens is 162 g/mol. The molecule has 3 unspecified atom stereocenters. The molecular formula is C7H11NO4. The minimum atomic E-state index is -0.899. The van der Waals surface area contributed by atoms with Gasteiger partial charge in [-0.05, 0) is 0 Å². The Kier molecular flexibility index (Phi) is 2.00. The van der Waals surface area contributed by atoms with Crippen molar-refractivity contribution >= 4 is 5.97 Å². The van der Waals surface area contributed by atoms with Gasteiger partial charge >= 0.3 is 5.97 Å². The van der Waals surface area contributed by atoms with Crippen molar-refractivity contribution in [3.8, 4) is 0 Å². The highest BCUT2D eigenvalue weighted by Crippen LogP contribution is 2.20. The number of carboxylic acid groups (broad SMARTS) is 1. The van der Waals surface area contributed by atoms with Crippen molar-refractivity contribution < 1.29 is 19.4 Å². The number of carboxylic acids is 1. The van der Waals surface area contributed by atoms with E-state index in [2.05, 4.69) is 5.32 Å². The van der Waals surface area contributed by atoms with Gasteiger partial charge in [0.15, 0.2) is 6.10 Å². The highest BCUT2D eigenvalue weighted by atomic mass is 16.5. The van der Waals surface area contributed by atoms with Crippen LogP contribution in [0.5, 0.6) is 0 Å². The van der Waals surface area contributed by atoms with Gasteiger partial charge in [-0.2, -0.15) is 0 Å². The number of rotatable bonds is 1. The molecule has 2 fully saturated rings. The standard InChI is InChI=1S/C7H11NO4/c9-7(10)6-1-5-4(2-11-6)8-3-12-5/h4-6,8H,1-3H2,(H,9,10). The number of hydrogen-bond donors (Lipinski definition) is 2. The van der Waals surface area contributed by atoms with Crippen molar-refractivity contribution in [2.45, 2.75) is 24.7 Å². The molecule has 3 atom stereocenters. The maximum Gasteiger partial charge on any atom is 0.332 e. The minimum Gasteiger partial charge on any atom is -0.479 e. The molecule has 2 heterocycles. The van der Waals surface area contributed by atoms with E-state index in [4.69, 9.17) is 14.6 Å². The molecule has 0 saturated carbocycles. The Morgan fingerprint density at radius 1 is 1.50 bits per heavy atom. The lowest BCUT2D eigenvalue weighted by Gasteiger charge is -2.28. The predicted octanol–water partition coefficient (Wildman–Crippen LogP) is -0.826. The lowest BCUT2D eigenvalue weighted by atomic mass is 10.0. The van der Waals surface area contributed by atoms with E-state index in [1.54, 1.807) is 0 Å². The highest BCUT2D eigenvalue weighted by Gasteiger charge is 2.38. The van der Waals surface area contributed by atoms with Crippen molar-refractivity contribution in [2.75, 3.05) is 13.3 Å². The number of ether oxygens (including phenoxy) is 2. The molecule has 0 aliphatic carbocycles. The lowest BCUT2D eigenvalue weighted by molar-refractivity contribution is -0.157. The van der Waals surface area contributed by atoms with Crippen LogP contribution in [0.1, 0.15) is 6.42 Å². The van der Waals surface area contributed by atoms with Crippen LogP contribution in [0.4, 0.5) is 0 Å². The third-order valence-electron chi connectivity index (χ3n) is 2.29. The van der Waals surface area contributed by atoms with Crippen molar-refractivity contribution in [2.24, 2.45) is 0 Å². The van der Waals surface area contributed by atoms with Crippen LogP contribution in [0.2, 0.25) is 0 Å². The summed E-state index contributed by atoms with van der Waals surface area (Å²) < 4.78 is 10.4. The van der Waals surface area contributed by atoms with E-state index in [1.807, 2.05) is 0 Å². The van der Waals surface area contributed by atoms with Crippen molar-refractivity contribution in [3.05, 3.63) is 0 Å². The van der Waals surface area contributed by atoms with E-state index in [-0.39, 0.29) is 12.1 Å². The Bertz CT molecular complexity index is 196. The first-order valence-corrected chi connectivity index (χ1v) is 3.97. The summed E-state index contributed by atoms with van der Waals surface area (Å²) in [6, 6.07) is 0.181. The first-order valence-electron chi connectivity index (χ1n) is 3.97. The summed E-state index contributed by atoms with van der Waals surface area (Å²) in [4.78, 5) is 10.5. The van der Waals surface area contributed by atoms with E-state index >= 15 is 0 Å². The van der Waals surface area contributed by atoms with E-state index < -0.39 is 12.1 Å². The van der Waals surface area contributed by atoms with Gasteiger partial charge in [-0.15, -0.1) is 0 Å².